The van der Waals surface area contributed by atoms with E-state index >= 15 is 0 Å². The molecule has 0 amide bonds. The summed E-state index contributed by atoms with van der Waals surface area (Å²) in [5.74, 6) is 2.80. The lowest BCUT2D eigenvalue weighted by Crippen LogP contribution is -2.51. The van der Waals surface area contributed by atoms with E-state index in [1.165, 1.54) is 30.4 Å². The molecule has 0 unspecified atom stereocenters. The van der Waals surface area contributed by atoms with Gasteiger partial charge in [0.1, 0.15) is 0 Å². The maximum atomic E-state index is 5.55. The summed E-state index contributed by atoms with van der Waals surface area (Å²) in [5, 5.41) is 4.19. The number of nitrogens with zero attached hydrogens (tertiary/aromatic N) is 4. The Bertz CT molecular complexity index is 1070. The Labute approximate surface area is 195 Å². The average Bonchev–Trinajstić information content (AvgIpc) is 3.30. The van der Waals surface area contributed by atoms with Gasteiger partial charge in [0.05, 0.1) is 20.8 Å². The van der Waals surface area contributed by atoms with Crippen LogP contribution >= 0.6 is 0 Å². The third-order valence-electron chi connectivity index (χ3n) is 6.92. The Kier molecular flexibility index (Phi) is 6.60. The zero-order chi connectivity index (χ0) is 22.6. The quantitative estimate of drug-likeness (QED) is 0.549. The molecule has 2 aromatic carbocycles. The number of fused-ring (bicyclic) bond motifs is 1. The number of methoxy groups -OCH3 is 2. The van der Waals surface area contributed by atoms with Crippen LogP contribution in [0.5, 0.6) is 11.5 Å². The van der Waals surface area contributed by atoms with Crippen molar-refractivity contribution in [1.29, 1.82) is 0 Å². The zero-order valence-electron chi connectivity index (χ0n) is 19.5. The van der Waals surface area contributed by atoms with E-state index in [1.54, 1.807) is 14.2 Å². The minimum absolute atomic E-state index is 0.598. The fourth-order valence-electron chi connectivity index (χ4n) is 5.07. The summed E-state index contributed by atoms with van der Waals surface area (Å²) < 4.78 is 16.2. The highest BCUT2D eigenvalue weighted by molar-refractivity contribution is 5.43. The van der Waals surface area contributed by atoms with E-state index in [2.05, 4.69) is 44.2 Å². The molecular formula is C26H32N4O3. The summed E-state index contributed by atoms with van der Waals surface area (Å²) in [6.07, 6.45) is 4.24. The van der Waals surface area contributed by atoms with Crippen molar-refractivity contribution in [2.75, 3.05) is 40.4 Å². The molecule has 7 heteroatoms. The summed E-state index contributed by atoms with van der Waals surface area (Å²) >= 11 is 0. The number of ether oxygens (including phenoxy) is 2. The van der Waals surface area contributed by atoms with Gasteiger partial charge in [-0.3, -0.25) is 9.80 Å². The topological polar surface area (TPSA) is 63.9 Å². The van der Waals surface area contributed by atoms with Crippen LogP contribution in [0.4, 0.5) is 0 Å². The highest BCUT2D eigenvalue weighted by Crippen LogP contribution is 2.28. The zero-order valence-corrected chi connectivity index (χ0v) is 19.5. The predicted molar refractivity (Wildman–Crippen MR) is 126 cm³/mol. The molecule has 7 nitrogen and oxygen atoms in total. The van der Waals surface area contributed by atoms with Crippen molar-refractivity contribution in [2.45, 2.75) is 38.3 Å². The molecule has 0 radical (unpaired) electrons. The molecule has 0 saturated carbocycles. The Morgan fingerprint density at radius 2 is 1.76 bits per heavy atom. The average molecular weight is 449 g/mol. The Morgan fingerprint density at radius 3 is 2.55 bits per heavy atom. The fourth-order valence-corrected chi connectivity index (χ4v) is 5.07. The largest absolute Gasteiger partial charge is 0.493 e. The van der Waals surface area contributed by atoms with Crippen LogP contribution in [-0.2, 0) is 25.8 Å². The van der Waals surface area contributed by atoms with Gasteiger partial charge in [0.2, 0.25) is 5.89 Å². The van der Waals surface area contributed by atoms with E-state index in [9.17, 15) is 0 Å². The smallest absolute Gasteiger partial charge is 0.240 e. The highest BCUT2D eigenvalue weighted by Gasteiger charge is 2.27. The SMILES string of the molecule is COc1ccc(Cc2noc(CN3CCN([C@@H]4CCc5ccccc5C4)CC3)n2)cc1OC. The molecule has 1 fully saturated rings. The number of aromatic nitrogens is 2. The summed E-state index contributed by atoms with van der Waals surface area (Å²) in [6, 6.07) is 15.4. The second kappa shape index (κ2) is 9.93. The normalized spacial score (nSPS) is 19.3. The molecule has 0 spiro atoms. The van der Waals surface area contributed by atoms with Crippen molar-refractivity contribution < 1.29 is 14.0 Å². The van der Waals surface area contributed by atoms with Gasteiger partial charge >= 0.3 is 0 Å². The van der Waals surface area contributed by atoms with Gasteiger partial charge in [-0.25, -0.2) is 0 Å². The Morgan fingerprint density at radius 1 is 0.970 bits per heavy atom. The van der Waals surface area contributed by atoms with Gasteiger partial charge in [-0.2, -0.15) is 4.98 Å². The van der Waals surface area contributed by atoms with Crippen LogP contribution in [0.3, 0.4) is 0 Å². The van der Waals surface area contributed by atoms with Gasteiger partial charge in [0.15, 0.2) is 17.3 Å². The molecule has 5 rings (SSSR count). The van der Waals surface area contributed by atoms with Crippen molar-refractivity contribution in [3.05, 3.63) is 70.9 Å². The van der Waals surface area contributed by atoms with Crippen molar-refractivity contribution in [3.63, 3.8) is 0 Å². The van der Waals surface area contributed by atoms with Gasteiger partial charge < -0.3 is 14.0 Å². The second-order valence-electron chi connectivity index (χ2n) is 8.95. The summed E-state index contributed by atoms with van der Waals surface area (Å²) in [4.78, 5) is 9.71. The molecule has 1 atom stereocenters. The lowest BCUT2D eigenvalue weighted by atomic mass is 9.87. The van der Waals surface area contributed by atoms with E-state index in [0.717, 1.165) is 31.7 Å². The van der Waals surface area contributed by atoms with E-state index < -0.39 is 0 Å². The molecular weight excluding hydrogens is 416 g/mol. The number of piperazine rings is 1. The summed E-state index contributed by atoms with van der Waals surface area (Å²) in [6.45, 7) is 4.97. The molecule has 1 aliphatic heterocycles. The van der Waals surface area contributed by atoms with Gasteiger partial charge in [-0.15, -0.1) is 0 Å². The van der Waals surface area contributed by atoms with Crippen LogP contribution < -0.4 is 9.47 Å². The lowest BCUT2D eigenvalue weighted by Gasteiger charge is -2.40. The number of hydrogen-bond acceptors (Lipinski definition) is 7. The number of aryl methyl sites for hydroxylation is 1. The molecule has 3 aromatic rings. The van der Waals surface area contributed by atoms with E-state index in [-0.39, 0.29) is 0 Å². The minimum atomic E-state index is 0.598. The van der Waals surface area contributed by atoms with Crippen molar-refractivity contribution in [3.8, 4) is 11.5 Å². The summed E-state index contributed by atoms with van der Waals surface area (Å²) in [5.41, 5.74) is 4.12. The first-order valence-corrected chi connectivity index (χ1v) is 11.8. The van der Waals surface area contributed by atoms with Gasteiger partial charge in [0.25, 0.3) is 0 Å². The maximum Gasteiger partial charge on any atom is 0.240 e. The van der Waals surface area contributed by atoms with Crippen LogP contribution in [0.25, 0.3) is 0 Å². The standard InChI is InChI=1S/C26H32N4O3/c1-31-23-10-7-19(15-24(23)32-2)16-25-27-26(33-28-25)18-29-11-13-30(14-12-29)22-9-8-20-5-3-4-6-21(20)17-22/h3-7,10,15,22H,8-9,11-14,16-18H2,1-2H3/t22-/m1/s1. The number of benzene rings is 2. The van der Waals surface area contributed by atoms with Crippen molar-refractivity contribution in [1.82, 2.24) is 19.9 Å². The van der Waals surface area contributed by atoms with Gasteiger partial charge in [-0.05, 0) is 48.1 Å². The molecule has 1 saturated heterocycles. The minimum Gasteiger partial charge on any atom is -0.493 e. The fraction of sp³-hybridized carbons (Fsp3) is 0.462. The summed E-state index contributed by atoms with van der Waals surface area (Å²) in [7, 11) is 3.28. The molecule has 33 heavy (non-hydrogen) atoms. The van der Waals surface area contributed by atoms with Crippen molar-refractivity contribution >= 4 is 0 Å². The second-order valence-corrected chi connectivity index (χ2v) is 8.95. The molecule has 0 N–H and O–H groups in total. The van der Waals surface area contributed by atoms with E-state index in [0.29, 0.717) is 42.2 Å². The Balaban J connectivity index is 1.12. The number of hydrogen-bond donors (Lipinski definition) is 0. The third-order valence-corrected chi connectivity index (χ3v) is 6.92. The first-order valence-electron chi connectivity index (χ1n) is 11.8. The van der Waals surface area contributed by atoms with Crippen LogP contribution in [0, 0.1) is 0 Å². The lowest BCUT2D eigenvalue weighted by molar-refractivity contribution is 0.0795. The molecule has 1 aromatic heterocycles. The maximum absolute atomic E-state index is 5.55. The van der Waals surface area contributed by atoms with E-state index in [4.69, 9.17) is 14.0 Å². The van der Waals surface area contributed by atoms with Crippen molar-refractivity contribution in [2.24, 2.45) is 0 Å². The van der Waals surface area contributed by atoms with Crippen LogP contribution in [0.2, 0.25) is 0 Å². The van der Waals surface area contributed by atoms with Gasteiger partial charge in [-0.1, -0.05) is 35.5 Å². The molecule has 2 aliphatic rings. The first kappa shape index (κ1) is 21.9. The first-order chi connectivity index (χ1) is 16.2. The molecule has 2 heterocycles. The molecule has 0 bridgehead atoms. The third kappa shape index (κ3) is 5.04. The van der Waals surface area contributed by atoms with E-state index in [1.807, 2.05) is 18.2 Å². The Hall–Kier alpha value is -2.90. The highest BCUT2D eigenvalue weighted by atomic mass is 16.5. The monoisotopic (exact) mass is 448 g/mol. The van der Waals surface area contributed by atoms with Crippen LogP contribution in [-0.4, -0.2) is 66.4 Å². The molecule has 1 aliphatic carbocycles. The molecule has 174 valence electrons. The number of rotatable bonds is 7. The predicted octanol–water partition coefficient (Wildman–Crippen LogP) is 3.35. The van der Waals surface area contributed by atoms with Gasteiger partial charge in [0, 0.05) is 38.6 Å². The van der Waals surface area contributed by atoms with Crippen LogP contribution in [0.15, 0.2) is 47.0 Å². The van der Waals surface area contributed by atoms with Crippen LogP contribution in [0.1, 0.15) is 34.8 Å².